The molecule has 1 aromatic carbocycles. The number of primary amides is 1. The highest BCUT2D eigenvalue weighted by Crippen LogP contribution is 2.36. The highest BCUT2D eigenvalue weighted by atomic mass is 32.2. The van der Waals surface area contributed by atoms with E-state index in [9.17, 15) is 39.6 Å². The third kappa shape index (κ3) is 5.88. The van der Waals surface area contributed by atoms with E-state index in [0.29, 0.717) is 16.4 Å². The topological polar surface area (TPSA) is 80.5 Å². The fraction of sp³-hybridized carbons (Fsp3) is 0.462. The Morgan fingerprint density at radius 1 is 1.04 bits per heavy atom. The van der Waals surface area contributed by atoms with E-state index in [4.69, 9.17) is 5.73 Å². The van der Waals surface area contributed by atoms with E-state index in [1.54, 1.807) is 0 Å². The fourth-order valence-corrected chi connectivity index (χ4v) is 3.27. The zero-order valence-electron chi connectivity index (χ0n) is 12.8. The lowest BCUT2D eigenvalue weighted by molar-refractivity contribution is -0.143. The Hall–Kier alpha value is -1.82. The maximum atomic E-state index is 12.8. The maximum absolute atomic E-state index is 12.8. The molecule has 0 saturated heterocycles. The van der Waals surface area contributed by atoms with Gasteiger partial charge < -0.3 is 5.73 Å². The number of halogens is 6. The number of carbonyl (C=O) groups is 1. The lowest BCUT2D eigenvalue weighted by Crippen LogP contribution is -2.37. The van der Waals surface area contributed by atoms with Crippen LogP contribution in [-0.4, -0.2) is 30.9 Å². The molecule has 0 aliphatic heterocycles. The molecule has 0 spiro atoms. The molecule has 0 heterocycles. The number of rotatable bonds is 6. The molecule has 12 heteroatoms. The van der Waals surface area contributed by atoms with Crippen LogP contribution in [0.5, 0.6) is 0 Å². The van der Waals surface area contributed by atoms with E-state index in [2.05, 4.69) is 0 Å². The number of carbonyl (C=O) groups excluding carboxylic acids is 1. The summed E-state index contributed by atoms with van der Waals surface area (Å²) in [6.45, 7) is 0.281. The van der Waals surface area contributed by atoms with Crippen LogP contribution >= 0.6 is 0 Å². The minimum absolute atomic E-state index is 0.0578. The van der Waals surface area contributed by atoms with Gasteiger partial charge in [0, 0.05) is 13.1 Å². The summed E-state index contributed by atoms with van der Waals surface area (Å²) in [5.41, 5.74) is 1.16. The number of alkyl halides is 6. The monoisotopic (exact) mass is 392 g/mol. The van der Waals surface area contributed by atoms with E-state index in [1.807, 2.05) is 0 Å². The van der Waals surface area contributed by atoms with Gasteiger partial charge in [-0.25, -0.2) is 8.42 Å². The van der Waals surface area contributed by atoms with Crippen LogP contribution in [-0.2, 0) is 33.7 Å². The molecule has 0 saturated carbocycles. The van der Waals surface area contributed by atoms with Gasteiger partial charge in [-0.05, 0) is 23.8 Å². The molecule has 1 amide bonds. The highest BCUT2D eigenvalue weighted by Gasteiger charge is 2.37. The van der Waals surface area contributed by atoms with Crippen molar-refractivity contribution in [2.24, 2.45) is 5.73 Å². The number of amides is 1. The van der Waals surface area contributed by atoms with Crippen molar-refractivity contribution in [2.75, 3.05) is 12.3 Å². The van der Waals surface area contributed by atoms with Crippen molar-refractivity contribution in [3.8, 4) is 0 Å². The molecule has 0 unspecified atom stereocenters. The van der Waals surface area contributed by atoms with Gasteiger partial charge >= 0.3 is 12.4 Å². The fourth-order valence-electron chi connectivity index (χ4n) is 1.99. The molecule has 0 atom stereocenters. The molecule has 0 aromatic heterocycles. The Labute approximate surface area is 139 Å². The van der Waals surface area contributed by atoms with Gasteiger partial charge in [-0.3, -0.25) is 4.79 Å². The summed E-state index contributed by atoms with van der Waals surface area (Å²) in [7, 11) is -4.27. The molecule has 0 aliphatic carbocycles. The summed E-state index contributed by atoms with van der Waals surface area (Å²) in [5.74, 6) is -2.30. The average molecular weight is 392 g/mol. The Morgan fingerprint density at radius 2 is 1.48 bits per heavy atom. The molecular formula is C13H14F6N2O3S. The summed E-state index contributed by atoms with van der Waals surface area (Å²) >= 11 is 0. The Bertz CT molecular complexity index is 711. The van der Waals surface area contributed by atoms with E-state index >= 15 is 0 Å². The largest absolute Gasteiger partial charge is 0.416 e. The summed E-state index contributed by atoms with van der Waals surface area (Å²) in [4.78, 5) is 10.8. The molecule has 0 fully saturated rings. The molecular weight excluding hydrogens is 378 g/mol. The van der Waals surface area contributed by atoms with Crippen LogP contribution in [0, 0.1) is 0 Å². The first-order valence-corrected chi connectivity index (χ1v) is 8.32. The summed E-state index contributed by atoms with van der Waals surface area (Å²) in [5, 5.41) is 0. The first kappa shape index (κ1) is 21.2. The Kier molecular flexibility index (Phi) is 6.11. The minimum atomic E-state index is -5.04. The van der Waals surface area contributed by atoms with Crippen molar-refractivity contribution < 1.29 is 39.6 Å². The molecule has 1 aromatic rings. The maximum Gasteiger partial charge on any atom is 0.416 e. The van der Waals surface area contributed by atoms with Gasteiger partial charge in [0.1, 0.15) is 5.75 Å². The number of hydrogen-bond donors (Lipinski definition) is 1. The van der Waals surface area contributed by atoms with Gasteiger partial charge in [-0.15, -0.1) is 0 Å². The summed E-state index contributed by atoms with van der Waals surface area (Å²) in [6.07, 6.45) is -10.1. The van der Waals surface area contributed by atoms with Gasteiger partial charge in [0.25, 0.3) is 0 Å². The third-order valence-electron chi connectivity index (χ3n) is 3.08. The van der Waals surface area contributed by atoms with Crippen LogP contribution in [0.15, 0.2) is 18.2 Å². The van der Waals surface area contributed by atoms with Crippen molar-refractivity contribution >= 4 is 15.9 Å². The van der Waals surface area contributed by atoms with Crippen molar-refractivity contribution in [2.45, 2.75) is 25.8 Å². The second-order valence-electron chi connectivity index (χ2n) is 5.06. The predicted molar refractivity (Wildman–Crippen MR) is 75.5 cm³/mol. The first-order valence-electron chi connectivity index (χ1n) is 6.71. The molecule has 142 valence electrons. The van der Waals surface area contributed by atoms with Crippen LogP contribution in [0.25, 0.3) is 0 Å². The van der Waals surface area contributed by atoms with Crippen molar-refractivity contribution in [1.29, 1.82) is 0 Å². The Morgan fingerprint density at radius 3 is 1.80 bits per heavy atom. The van der Waals surface area contributed by atoms with Gasteiger partial charge in [0.05, 0.1) is 11.1 Å². The SMILES string of the molecule is CCN(Cc1cc(C(F)(F)F)cc(C(F)(F)F)c1)S(=O)(=O)CC(N)=O. The quantitative estimate of drug-likeness (QED) is 0.755. The number of nitrogens with zero attached hydrogens (tertiary/aromatic N) is 1. The second-order valence-corrected chi connectivity index (χ2v) is 7.03. The molecule has 0 aliphatic rings. The van der Waals surface area contributed by atoms with Gasteiger partial charge in [-0.2, -0.15) is 30.6 Å². The highest BCUT2D eigenvalue weighted by molar-refractivity contribution is 7.89. The van der Waals surface area contributed by atoms with Crippen LogP contribution in [0.2, 0.25) is 0 Å². The van der Waals surface area contributed by atoms with Crippen LogP contribution in [0.4, 0.5) is 26.3 Å². The standard InChI is InChI=1S/C13H14F6N2O3S/c1-2-21(25(23,24)7-11(20)22)6-8-3-9(12(14,15)16)5-10(4-8)13(17,18)19/h3-5H,2,6-7H2,1H3,(H2,20,22). The number of sulfonamides is 1. The van der Waals surface area contributed by atoms with Crippen LogP contribution in [0.3, 0.4) is 0 Å². The first-order chi connectivity index (χ1) is 11.2. The van der Waals surface area contributed by atoms with Crippen molar-refractivity contribution in [3.63, 3.8) is 0 Å². The normalized spacial score (nSPS) is 13.3. The molecule has 0 radical (unpaired) electrons. The lowest BCUT2D eigenvalue weighted by Gasteiger charge is -2.21. The summed E-state index contributed by atoms with van der Waals surface area (Å²) < 4.78 is 101. The lowest BCUT2D eigenvalue weighted by atomic mass is 10.0. The van der Waals surface area contributed by atoms with E-state index < -0.39 is 57.3 Å². The van der Waals surface area contributed by atoms with E-state index in [1.165, 1.54) is 6.92 Å². The zero-order valence-corrected chi connectivity index (χ0v) is 13.6. The van der Waals surface area contributed by atoms with Crippen LogP contribution < -0.4 is 5.73 Å². The average Bonchev–Trinajstić information content (AvgIpc) is 2.40. The van der Waals surface area contributed by atoms with E-state index in [-0.39, 0.29) is 12.6 Å². The molecule has 2 N–H and O–H groups in total. The second kappa shape index (κ2) is 7.20. The number of hydrogen-bond acceptors (Lipinski definition) is 3. The van der Waals surface area contributed by atoms with Crippen LogP contribution in [0.1, 0.15) is 23.6 Å². The predicted octanol–water partition coefficient (Wildman–Crippen LogP) is 2.36. The van der Waals surface area contributed by atoms with Gasteiger partial charge in [0.15, 0.2) is 0 Å². The smallest absolute Gasteiger partial charge is 0.369 e. The van der Waals surface area contributed by atoms with Gasteiger partial charge in [-0.1, -0.05) is 6.92 Å². The molecule has 25 heavy (non-hydrogen) atoms. The molecule has 1 rings (SSSR count). The number of benzene rings is 1. The summed E-state index contributed by atoms with van der Waals surface area (Å²) in [6, 6.07) is 0.799. The molecule has 0 bridgehead atoms. The Balaban J connectivity index is 3.34. The molecule has 5 nitrogen and oxygen atoms in total. The number of nitrogens with two attached hydrogens (primary N) is 1. The third-order valence-corrected chi connectivity index (χ3v) is 4.90. The van der Waals surface area contributed by atoms with E-state index in [0.717, 1.165) is 0 Å². The van der Waals surface area contributed by atoms with Crippen molar-refractivity contribution in [1.82, 2.24) is 4.31 Å². The van der Waals surface area contributed by atoms with Crippen molar-refractivity contribution in [3.05, 3.63) is 34.9 Å². The zero-order chi connectivity index (χ0) is 19.6. The van der Waals surface area contributed by atoms with Gasteiger partial charge in [0.2, 0.25) is 15.9 Å². The minimum Gasteiger partial charge on any atom is -0.369 e.